The Balaban J connectivity index is 4.32. The first-order valence-electron chi connectivity index (χ1n) is 6.90. The Morgan fingerprint density at radius 3 is 2.18 bits per heavy atom. The van der Waals surface area contributed by atoms with Gasteiger partial charge in [-0.15, -0.1) is 0 Å². The molecule has 0 rings (SSSR count). The first-order valence-corrected chi connectivity index (χ1v) is 8.05. The molecular formula is C13H24N4O4S. The predicted octanol–water partition coefficient (Wildman–Crippen LogP) is -1.48. The molecule has 0 aromatic rings. The third-order valence-electron chi connectivity index (χ3n) is 2.88. The van der Waals surface area contributed by atoms with E-state index in [1.807, 2.05) is 0 Å². The maximum Gasteiger partial charge on any atom is 0.240 e. The Hall–Kier alpha value is -1.61. The van der Waals surface area contributed by atoms with Crippen LogP contribution in [0.15, 0.2) is 0 Å². The molecule has 0 heterocycles. The van der Waals surface area contributed by atoms with Gasteiger partial charge in [0.25, 0.3) is 0 Å². The smallest absolute Gasteiger partial charge is 0.240 e. The van der Waals surface area contributed by atoms with E-state index in [0.29, 0.717) is 24.3 Å². The van der Waals surface area contributed by atoms with Gasteiger partial charge in [-0.05, 0) is 26.1 Å². The summed E-state index contributed by atoms with van der Waals surface area (Å²) in [5.74, 6) is -0.412. The van der Waals surface area contributed by atoms with Crippen molar-refractivity contribution in [3.63, 3.8) is 0 Å². The third kappa shape index (κ3) is 9.35. The molecule has 0 fully saturated rings. The number of Topliss-reactive ketones (excluding diaryl/α,β-unsaturated/α-hetero) is 1. The van der Waals surface area contributed by atoms with Crippen LogP contribution < -0.4 is 22.1 Å². The normalized spacial score (nSPS) is 13.2. The number of nitrogens with one attached hydrogen (secondary N) is 2. The second-order valence-corrected chi connectivity index (χ2v) is 6.05. The summed E-state index contributed by atoms with van der Waals surface area (Å²) in [4.78, 5) is 45.0. The fourth-order valence-corrected chi connectivity index (χ4v) is 2.64. The molecule has 126 valence electrons. The molecule has 0 bridgehead atoms. The predicted molar refractivity (Wildman–Crippen MR) is 85.0 cm³/mol. The molecule has 0 aromatic heterocycles. The minimum Gasteiger partial charge on any atom is -0.370 e. The third-order valence-corrected chi connectivity index (χ3v) is 3.90. The zero-order valence-corrected chi connectivity index (χ0v) is 13.7. The number of primary amides is 2. The molecule has 3 amide bonds. The summed E-state index contributed by atoms with van der Waals surface area (Å²) in [5, 5.41) is 5.17. The van der Waals surface area contributed by atoms with Crippen LogP contribution in [0.3, 0.4) is 0 Å². The summed E-state index contributed by atoms with van der Waals surface area (Å²) in [5.41, 5.74) is 10.3. The van der Waals surface area contributed by atoms with Crippen molar-refractivity contribution in [3.05, 3.63) is 0 Å². The first kappa shape index (κ1) is 20.4. The van der Waals surface area contributed by atoms with Crippen LogP contribution in [0, 0.1) is 0 Å². The van der Waals surface area contributed by atoms with Gasteiger partial charge in [0.1, 0.15) is 11.8 Å². The number of hydrogen-bond acceptors (Lipinski definition) is 6. The molecule has 0 unspecified atom stereocenters. The number of likely N-dealkylation sites (N-methyl/N-ethyl adjacent to an activating group) is 1. The second-order valence-electron chi connectivity index (χ2n) is 4.83. The molecule has 22 heavy (non-hydrogen) atoms. The lowest BCUT2D eigenvalue weighted by Gasteiger charge is -2.19. The van der Waals surface area contributed by atoms with E-state index in [0.717, 1.165) is 0 Å². The number of carbonyl (C=O) groups is 4. The van der Waals surface area contributed by atoms with Crippen LogP contribution in [0.2, 0.25) is 0 Å². The molecule has 0 saturated heterocycles. The van der Waals surface area contributed by atoms with Crippen molar-refractivity contribution < 1.29 is 19.2 Å². The minimum absolute atomic E-state index is 0.107. The van der Waals surface area contributed by atoms with E-state index in [-0.39, 0.29) is 12.2 Å². The van der Waals surface area contributed by atoms with Crippen molar-refractivity contribution in [2.75, 3.05) is 18.6 Å². The number of thioether (sulfide) groups is 1. The topological polar surface area (TPSA) is 144 Å². The van der Waals surface area contributed by atoms with Gasteiger partial charge in [0, 0.05) is 12.2 Å². The fraction of sp³-hybridized carbons (Fsp3) is 0.692. The van der Waals surface area contributed by atoms with E-state index in [4.69, 9.17) is 11.5 Å². The molecule has 0 aliphatic heterocycles. The highest BCUT2D eigenvalue weighted by molar-refractivity contribution is 7.99. The van der Waals surface area contributed by atoms with Gasteiger partial charge in [0.05, 0.1) is 12.5 Å². The molecule has 6 N–H and O–H groups in total. The molecular weight excluding hydrogens is 308 g/mol. The van der Waals surface area contributed by atoms with Crippen LogP contribution in [-0.2, 0) is 19.2 Å². The number of amides is 3. The molecule has 2 atom stereocenters. The van der Waals surface area contributed by atoms with Gasteiger partial charge in [-0.3, -0.25) is 19.2 Å². The summed E-state index contributed by atoms with van der Waals surface area (Å²) < 4.78 is 0. The average molecular weight is 332 g/mol. The van der Waals surface area contributed by atoms with E-state index >= 15 is 0 Å². The van der Waals surface area contributed by atoms with Crippen molar-refractivity contribution >= 4 is 35.3 Å². The fourth-order valence-electron chi connectivity index (χ4n) is 1.60. The van der Waals surface area contributed by atoms with Crippen LogP contribution in [0.4, 0.5) is 0 Å². The molecule has 0 aliphatic carbocycles. The SMILES string of the molecule is CN[C@@H](CC(N)=O)C(=O)N[C@@H](CCSCCC(C)=O)C(N)=O. The summed E-state index contributed by atoms with van der Waals surface area (Å²) in [6.45, 7) is 1.52. The van der Waals surface area contributed by atoms with Crippen LogP contribution in [-0.4, -0.2) is 54.1 Å². The molecule has 0 spiro atoms. The highest BCUT2D eigenvalue weighted by Crippen LogP contribution is 2.07. The number of nitrogens with two attached hydrogens (primary N) is 2. The Bertz CT molecular complexity index is 417. The van der Waals surface area contributed by atoms with Gasteiger partial charge in [-0.2, -0.15) is 11.8 Å². The average Bonchev–Trinajstić information content (AvgIpc) is 2.41. The first-order chi connectivity index (χ1) is 10.3. The van der Waals surface area contributed by atoms with E-state index in [2.05, 4.69) is 10.6 Å². The molecule has 8 nitrogen and oxygen atoms in total. The molecule has 9 heteroatoms. The van der Waals surface area contributed by atoms with Crippen molar-refractivity contribution in [3.8, 4) is 0 Å². The number of carbonyl (C=O) groups excluding carboxylic acids is 4. The lowest BCUT2D eigenvalue weighted by atomic mass is 10.1. The van der Waals surface area contributed by atoms with E-state index < -0.39 is 29.8 Å². The van der Waals surface area contributed by atoms with Crippen molar-refractivity contribution in [1.29, 1.82) is 0 Å². The highest BCUT2D eigenvalue weighted by atomic mass is 32.2. The maximum atomic E-state index is 12.0. The van der Waals surface area contributed by atoms with Gasteiger partial charge in [-0.25, -0.2) is 0 Å². The van der Waals surface area contributed by atoms with Gasteiger partial charge < -0.3 is 22.1 Å². The second kappa shape index (κ2) is 11.0. The zero-order chi connectivity index (χ0) is 17.1. The van der Waals surface area contributed by atoms with Crippen LogP contribution in [0.5, 0.6) is 0 Å². The lowest BCUT2D eigenvalue weighted by Crippen LogP contribution is -2.52. The molecule has 0 aliphatic rings. The Labute approximate surface area is 134 Å². The van der Waals surface area contributed by atoms with E-state index in [1.165, 1.54) is 25.7 Å². The lowest BCUT2D eigenvalue weighted by molar-refractivity contribution is -0.130. The largest absolute Gasteiger partial charge is 0.370 e. The van der Waals surface area contributed by atoms with Gasteiger partial charge in [-0.1, -0.05) is 0 Å². The van der Waals surface area contributed by atoms with Crippen LogP contribution in [0.25, 0.3) is 0 Å². The summed E-state index contributed by atoms with van der Waals surface area (Å²) in [6.07, 6.45) is 0.663. The van der Waals surface area contributed by atoms with Crippen molar-refractivity contribution in [1.82, 2.24) is 10.6 Å². The molecule has 0 aromatic carbocycles. The number of hydrogen-bond donors (Lipinski definition) is 4. The van der Waals surface area contributed by atoms with Crippen molar-refractivity contribution in [2.45, 2.75) is 38.3 Å². The summed E-state index contributed by atoms with van der Waals surface area (Å²) >= 11 is 1.51. The van der Waals surface area contributed by atoms with Gasteiger partial charge in [0.15, 0.2) is 0 Å². The monoisotopic (exact) mass is 332 g/mol. The Kier molecular flexibility index (Phi) is 10.2. The Morgan fingerprint density at radius 2 is 1.73 bits per heavy atom. The van der Waals surface area contributed by atoms with Gasteiger partial charge in [0.2, 0.25) is 17.7 Å². The summed E-state index contributed by atoms with van der Waals surface area (Å²) in [6, 6.07) is -1.62. The quantitative estimate of drug-likeness (QED) is 0.321. The van der Waals surface area contributed by atoms with E-state index in [1.54, 1.807) is 0 Å². The zero-order valence-electron chi connectivity index (χ0n) is 12.9. The maximum absolute atomic E-state index is 12.0. The van der Waals surface area contributed by atoms with E-state index in [9.17, 15) is 19.2 Å². The van der Waals surface area contributed by atoms with Crippen LogP contribution >= 0.6 is 11.8 Å². The standard InChI is InChI=1S/C13H24N4O4S/c1-8(18)3-5-22-6-4-9(12(15)20)17-13(21)10(16-2)7-11(14)19/h9-10,16H,3-7H2,1-2H3,(H2,14,19)(H2,15,20)(H,17,21)/t9-,10-/m0/s1. The summed E-state index contributed by atoms with van der Waals surface area (Å²) in [7, 11) is 1.52. The Morgan fingerprint density at radius 1 is 1.09 bits per heavy atom. The number of ketones is 1. The number of rotatable bonds is 12. The van der Waals surface area contributed by atoms with Crippen LogP contribution in [0.1, 0.15) is 26.2 Å². The highest BCUT2D eigenvalue weighted by Gasteiger charge is 2.24. The van der Waals surface area contributed by atoms with Gasteiger partial charge >= 0.3 is 0 Å². The molecule has 0 radical (unpaired) electrons. The molecule has 0 saturated carbocycles. The minimum atomic E-state index is -0.818. The van der Waals surface area contributed by atoms with Crippen molar-refractivity contribution in [2.24, 2.45) is 11.5 Å².